The van der Waals surface area contributed by atoms with E-state index in [1.807, 2.05) is 6.92 Å². The number of amides is 3. The smallest absolute Gasteiger partial charge is 0.326 e. The Kier molecular flexibility index (Phi) is 13.6. The highest BCUT2D eigenvalue weighted by atomic mass is 16.4. The lowest BCUT2D eigenvalue weighted by Gasteiger charge is -2.28. The average molecular weight is 524 g/mol. The molecular weight excluding hydrogens is 482 g/mol. The van der Waals surface area contributed by atoms with Crippen LogP contribution in [0.1, 0.15) is 52.0 Å². The molecule has 1 rings (SSSR count). The molecule has 0 heterocycles. The van der Waals surface area contributed by atoms with Crippen LogP contribution in [-0.4, -0.2) is 75.8 Å². The van der Waals surface area contributed by atoms with Gasteiger partial charge in [-0.15, -0.1) is 0 Å². The lowest BCUT2D eigenvalue weighted by atomic mass is 9.96. The number of aliphatic hydroxyl groups is 1. The summed E-state index contributed by atoms with van der Waals surface area (Å²) >= 11 is 0. The van der Waals surface area contributed by atoms with Gasteiger partial charge in [-0.1, -0.05) is 32.4 Å². The maximum Gasteiger partial charge on any atom is 0.326 e. The monoisotopic (exact) mass is 523 g/mol. The van der Waals surface area contributed by atoms with Gasteiger partial charge in [-0.3, -0.25) is 14.4 Å². The first-order valence-electron chi connectivity index (χ1n) is 12.5. The zero-order valence-electron chi connectivity index (χ0n) is 21.6. The summed E-state index contributed by atoms with van der Waals surface area (Å²) in [7, 11) is 0. The number of carbonyl (C=O) groups is 4. The van der Waals surface area contributed by atoms with Gasteiger partial charge in [-0.2, -0.15) is 0 Å². The fraction of sp³-hybridized carbons (Fsp3) is 0.600. The Morgan fingerprint density at radius 3 is 2.03 bits per heavy atom. The van der Waals surface area contributed by atoms with E-state index in [1.54, 1.807) is 19.1 Å². The number of aliphatic hydroxyl groups excluding tert-OH is 1. The molecule has 37 heavy (non-hydrogen) atoms. The number of carboxylic acid groups (broad SMARTS) is 1. The maximum absolute atomic E-state index is 13.2. The molecule has 0 aliphatic heterocycles. The average Bonchev–Trinajstić information content (AvgIpc) is 2.86. The van der Waals surface area contributed by atoms with Gasteiger partial charge in [0.05, 0.1) is 6.10 Å². The number of aromatic hydroxyl groups is 1. The molecule has 0 saturated carbocycles. The number of carbonyl (C=O) groups excluding carboxylic acids is 3. The van der Waals surface area contributed by atoms with Gasteiger partial charge in [0.15, 0.2) is 0 Å². The minimum Gasteiger partial charge on any atom is -0.508 e. The molecule has 10 N–H and O–H groups in total. The summed E-state index contributed by atoms with van der Waals surface area (Å²) in [5, 5.41) is 36.4. The highest BCUT2D eigenvalue weighted by Gasteiger charge is 2.33. The fourth-order valence-electron chi connectivity index (χ4n) is 3.53. The number of hydrogen-bond acceptors (Lipinski definition) is 8. The summed E-state index contributed by atoms with van der Waals surface area (Å²) in [6.07, 6.45) is 0.654. The summed E-state index contributed by atoms with van der Waals surface area (Å²) in [5.74, 6) is -3.58. The zero-order chi connectivity index (χ0) is 28.1. The van der Waals surface area contributed by atoms with E-state index in [4.69, 9.17) is 11.5 Å². The molecule has 0 radical (unpaired) electrons. The summed E-state index contributed by atoms with van der Waals surface area (Å²) < 4.78 is 0. The Hall–Kier alpha value is -3.22. The molecule has 3 amide bonds. The second kappa shape index (κ2) is 15.8. The molecule has 6 unspecified atom stereocenters. The van der Waals surface area contributed by atoms with E-state index in [-0.39, 0.29) is 24.5 Å². The summed E-state index contributed by atoms with van der Waals surface area (Å²) in [6.45, 7) is 5.32. The molecule has 1 aromatic rings. The molecule has 0 spiro atoms. The topological polar surface area (TPSA) is 217 Å². The highest BCUT2D eigenvalue weighted by molar-refractivity contribution is 5.94. The van der Waals surface area contributed by atoms with E-state index in [0.717, 1.165) is 0 Å². The van der Waals surface area contributed by atoms with Gasteiger partial charge in [0.25, 0.3) is 0 Å². The van der Waals surface area contributed by atoms with Crippen molar-refractivity contribution < 1.29 is 34.5 Å². The van der Waals surface area contributed by atoms with Crippen molar-refractivity contribution in [3.8, 4) is 5.75 Å². The first-order valence-corrected chi connectivity index (χ1v) is 12.5. The molecule has 0 fully saturated rings. The maximum atomic E-state index is 13.2. The Morgan fingerprint density at radius 1 is 0.919 bits per heavy atom. The van der Waals surface area contributed by atoms with Crippen molar-refractivity contribution in [3.63, 3.8) is 0 Å². The number of nitrogens with two attached hydrogens (primary N) is 2. The largest absolute Gasteiger partial charge is 0.508 e. The van der Waals surface area contributed by atoms with Crippen molar-refractivity contribution in [2.45, 2.75) is 83.1 Å². The third-order valence-corrected chi connectivity index (χ3v) is 6.19. The Balaban J connectivity index is 3.05. The minimum absolute atomic E-state index is 0.0275. The van der Waals surface area contributed by atoms with Crippen LogP contribution >= 0.6 is 0 Å². The quantitative estimate of drug-likeness (QED) is 0.129. The van der Waals surface area contributed by atoms with Crippen LogP contribution in [0.4, 0.5) is 0 Å². The first kappa shape index (κ1) is 31.8. The summed E-state index contributed by atoms with van der Waals surface area (Å²) in [6, 6.07) is 1.32. The van der Waals surface area contributed by atoms with Gasteiger partial charge in [-0.05, 0) is 56.3 Å². The summed E-state index contributed by atoms with van der Waals surface area (Å²) in [4.78, 5) is 50.6. The van der Waals surface area contributed by atoms with Crippen LogP contribution in [0.5, 0.6) is 5.75 Å². The number of phenols is 1. The van der Waals surface area contributed by atoms with E-state index < -0.39 is 54.0 Å². The van der Waals surface area contributed by atoms with Crippen molar-refractivity contribution in [1.29, 1.82) is 0 Å². The highest BCUT2D eigenvalue weighted by Crippen LogP contribution is 2.13. The molecule has 0 aromatic heterocycles. The normalized spacial score (nSPS) is 15.9. The fourth-order valence-corrected chi connectivity index (χ4v) is 3.53. The molecule has 12 nitrogen and oxygen atoms in total. The van der Waals surface area contributed by atoms with E-state index in [0.29, 0.717) is 31.4 Å². The standard InChI is InChI=1S/C25H41N5O7/c1-4-14(2)21(30-23(34)20(27)15(3)31)24(35)28-18(7-5-6-12-26)22(33)29-19(25(36)37)13-16-8-10-17(32)11-9-16/h8-11,14-15,18-21,31-32H,4-7,12-13,26-27H2,1-3H3,(H,28,35)(H,29,33)(H,30,34)(H,36,37). The second-order valence-corrected chi connectivity index (χ2v) is 9.25. The molecular formula is C25H41N5O7. The third kappa shape index (κ3) is 10.7. The Morgan fingerprint density at radius 2 is 1.51 bits per heavy atom. The predicted octanol–water partition coefficient (Wildman–Crippen LogP) is -0.643. The molecule has 6 atom stereocenters. The predicted molar refractivity (Wildman–Crippen MR) is 137 cm³/mol. The van der Waals surface area contributed by atoms with Crippen LogP contribution in [0.15, 0.2) is 24.3 Å². The minimum atomic E-state index is -1.28. The number of carboxylic acids is 1. The number of phenolic OH excluding ortho intramolecular Hbond substituents is 1. The van der Waals surface area contributed by atoms with Crippen molar-refractivity contribution >= 4 is 23.7 Å². The first-order chi connectivity index (χ1) is 17.4. The van der Waals surface area contributed by atoms with Crippen LogP contribution in [-0.2, 0) is 25.6 Å². The van der Waals surface area contributed by atoms with Crippen molar-refractivity contribution in [3.05, 3.63) is 29.8 Å². The zero-order valence-corrected chi connectivity index (χ0v) is 21.6. The van der Waals surface area contributed by atoms with Gasteiger partial charge in [0, 0.05) is 6.42 Å². The lowest BCUT2D eigenvalue weighted by Crippen LogP contribution is -2.59. The number of aliphatic carboxylic acids is 1. The summed E-state index contributed by atoms with van der Waals surface area (Å²) in [5.41, 5.74) is 11.8. The number of rotatable bonds is 16. The number of benzene rings is 1. The number of nitrogens with one attached hydrogen (secondary N) is 3. The van der Waals surface area contributed by atoms with Crippen molar-refractivity contribution in [1.82, 2.24) is 16.0 Å². The second-order valence-electron chi connectivity index (χ2n) is 9.25. The Bertz CT molecular complexity index is 894. The van der Waals surface area contributed by atoms with E-state index in [2.05, 4.69) is 16.0 Å². The molecule has 0 aliphatic rings. The molecule has 208 valence electrons. The van der Waals surface area contributed by atoms with Crippen LogP contribution in [0, 0.1) is 5.92 Å². The van der Waals surface area contributed by atoms with Crippen LogP contribution in [0.25, 0.3) is 0 Å². The van der Waals surface area contributed by atoms with Crippen molar-refractivity contribution in [2.75, 3.05) is 6.54 Å². The van der Waals surface area contributed by atoms with Crippen LogP contribution in [0.3, 0.4) is 0 Å². The lowest BCUT2D eigenvalue weighted by molar-refractivity contribution is -0.142. The molecule has 0 bridgehead atoms. The van der Waals surface area contributed by atoms with Gasteiger partial charge < -0.3 is 42.7 Å². The van der Waals surface area contributed by atoms with Gasteiger partial charge in [0.1, 0.15) is 29.9 Å². The molecule has 12 heteroatoms. The SMILES string of the molecule is CCC(C)C(NC(=O)C(N)C(C)O)C(=O)NC(CCCCN)C(=O)NC(Cc1ccc(O)cc1)C(=O)O. The number of unbranched alkanes of at least 4 members (excludes halogenated alkanes) is 1. The van der Waals surface area contributed by atoms with E-state index in [9.17, 15) is 34.5 Å². The Labute approximate surface area is 217 Å². The van der Waals surface area contributed by atoms with Crippen molar-refractivity contribution in [2.24, 2.45) is 17.4 Å². The van der Waals surface area contributed by atoms with E-state index >= 15 is 0 Å². The number of hydrogen-bond donors (Lipinski definition) is 8. The van der Waals surface area contributed by atoms with Gasteiger partial charge in [0.2, 0.25) is 17.7 Å². The molecule has 1 aromatic carbocycles. The molecule has 0 saturated heterocycles. The van der Waals surface area contributed by atoms with Crippen LogP contribution < -0.4 is 27.4 Å². The van der Waals surface area contributed by atoms with Gasteiger partial charge in [-0.25, -0.2) is 4.79 Å². The molecule has 0 aliphatic carbocycles. The van der Waals surface area contributed by atoms with Crippen LogP contribution in [0.2, 0.25) is 0 Å². The van der Waals surface area contributed by atoms with Gasteiger partial charge >= 0.3 is 5.97 Å². The third-order valence-electron chi connectivity index (χ3n) is 6.19. The van der Waals surface area contributed by atoms with E-state index in [1.165, 1.54) is 19.1 Å².